The molecule has 0 heterocycles. The van der Waals surface area contributed by atoms with Crippen LogP contribution in [-0.2, 0) is 14.8 Å². The van der Waals surface area contributed by atoms with E-state index >= 15 is 0 Å². The molecule has 0 saturated heterocycles. The summed E-state index contributed by atoms with van der Waals surface area (Å²) in [4.78, 5) is 0.148. The summed E-state index contributed by atoms with van der Waals surface area (Å²) in [6, 6.07) is 13.9. The maximum absolute atomic E-state index is 12.3. The van der Waals surface area contributed by atoms with Crippen molar-refractivity contribution >= 4 is 15.9 Å². The van der Waals surface area contributed by atoms with Gasteiger partial charge in [0.15, 0.2) is 0 Å². The zero-order valence-electron chi connectivity index (χ0n) is 12.2. The Bertz CT molecular complexity index is 745. The van der Waals surface area contributed by atoms with Crippen LogP contribution in [0.5, 0.6) is 0 Å². The summed E-state index contributed by atoms with van der Waals surface area (Å²) in [6.07, 6.45) is 0. The largest absolute Gasteiger partial charge is 0.480 e. The van der Waals surface area contributed by atoms with Crippen LogP contribution in [0.2, 0.25) is 0 Å². The third kappa shape index (κ3) is 3.70. The normalized spacial score (nSPS) is 12.2. The topological polar surface area (TPSA) is 55.7 Å². The molecule has 0 aliphatic carbocycles. The summed E-state index contributed by atoms with van der Waals surface area (Å²) in [5.41, 5.74) is 2.69. The molecule has 0 atom stereocenters. The number of rotatable bonds is 3. The van der Waals surface area contributed by atoms with E-state index < -0.39 is 10.0 Å². The molecule has 2 aromatic rings. The van der Waals surface area contributed by atoms with Crippen molar-refractivity contribution in [3.63, 3.8) is 0 Å². The van der Waals surface area contributed by atoms with Crippen LogP contribution in [0.3, 0.4) is 0 Å². The molecule has 2 aromatic carbocycles. The van der Waals surface area contributed by atoms with Crippen LogP contribution in [0.25, 0.3) is 0 Å². The number of hydrogen-bond donors (Lipinski definition) is 0. The Hall–Kier alpha value is -2.14. The second-order valence-corrected chi connectivity index (χ2v) is 6.36. The van der Waals surface area contributed by atoms with Crippen molar-refractivity contribution in [2.45, 2.75) is 18.7 Å². The van der Waals surface area contributed by atoms with Gasteiger partial charge in [-0.2, -0.15) is 8.42 Å². The van der Waals surface area contributed by atoms with Crippen LogP contribution < -0.4 is 0 Å². The summed E-state index contributed by atoms with van der Waals surface area (Å²) in [5.74, 6) is 0.0792. The predicted molar refractivity (Wildman–Crippen MR) is 83.1 cm³/mol. The molecule has 0 aliphatic heterocycles. The minimum atomic E-state index is -3.78. The third-order valence-corrected chi connectivity index (χ3v) is 4.29. The molecular weight excluding hydrogens is 286 g/mol. The molecule has 21 heavy (non-hydrogen) atoms. The fourth-order valence-electron chi connectivity index (χ4n) is 1.78. The molecule has 0 aliphatic rings. The molecule has 0 saturated carbocycles. The van der Waals surface area contributed by atoms with Gasteiger partial charge in [-0.05, 0) is 38.1 Å². The van der Waals surface area contributed by atoms with Crippen LogP contribution in [0.1, 0.15) is 16.7 Å². The summed E-state index contributed by atoms with van der Waals surface area (Å²) in [7, 11) is -2.38. The average molecular weight is 303 g/mol. The van der Waals surface area contributed by atoms with Crippen LogP contribution >= 0.6 is 0 Å². The van der Waals surface area contributed by atoms with E-state index in [1.807, 2.05) is 26.0 Å². The van der Waals surface area contributed by atoms with Gasteiger partial charge in [0.2, 0.25) is 5.90 Å². The lowest BCUT2D eigenvalue weighted by atomic mass is 10.1. The maximum atomic E-state index is 12.3. The summed E-state index contributed by atoms with van der Waals surface area (Å²) >= 11 is 0. The van der Waals surface area contributed by atoms with E-state index in [9.17, 15) is 8.42 Å². The minimum Gasteiger partial charge on any atom is -0.480 e. The molecule has 2 rings (SSSR count). The van der Waals surface area contributed by atoms with Crippen molar-refractivity contribution in [1.82, 2.24) is 0 Å². The van der Waals surface area contributed by atoms with Gasteiger partial charge in [-0.15, -0.1) is 4.40 Å². The SMILES string of the molecule is CO/C(=N\S(=O)(=O)c1ccc(C)cc1)c1ccc(C)cc1. The molecule has 0 aromatic heterocycles. The van der Waals surface area contributed by atoms with E-state index in [-0.39, 0.29) is 10.8 Å². The number of ether oxygens (including phenoxy) is 1. The molecule has 0 amide bonds. The highest BCUT2D eigenvalue weighted by Gasteiger charge is 2.15. The van der Waals surface area contributed by atoms with Crippen molar-refractivity contribution in [3.05, 3.63) is 65.2 Å². The molecule has 0 spiro atoms. The number of nitrogens with zero attached hydrogens (tertiary/aromatic N) is 1. The van der Waals surface area contributed by atoms with Gasteiger partial charge < -0.3 is 4.74 Å². The first-order chi connectivity index (χ1) is 9.92. The fourth-order valence-corrected chi connectivity index (χ4v) is 2.76. The first kappa shape index (κ1) is 15.3. The summed E-state index contributed by atoms with van der Waals surface area (Å²) < 4.78 is 33.5. The summed E-state index contributed by atoms with van der Waals surface area (Å²) in [5, 5.41) is 0. The first-order valence-corrected chi connectivity index (χ1v) is 7.89. The Morgan fingerprint density at radius 1 is 0.905 bits per heavy atom. The molecule has 0 fully saturated rings. The van der Waals surface area contributed by atoms with Crippen LogP contribution in [0.4, 0.5) is 0 Å². The Morgan fingerprint density at radius 3 is 1.86 bits per heavy atom. The molecule has 0 N–H and O–H groups in total. The molecule has 110 valence electrons. The molecule has 0 bridgehead atoms. The predicted octanol–water partition coefficient (Wildman–Crippen LogP) is 3.09. The third-order valence-electron chi connectivity index (χ3n) is 3.01. The van der Waals surface area contributed by atoms with Crippen molar-refractivity contribution < 1.29 is 13.2 Å². The van der Waals surface area contributed by atoms with Crippen molar-refractivity contribution in [1.29, 1.82) is 0 Å². The van der Waals surface area contributed by atoms with Gasteiger partial charge in [0.1, 0.15) is 0 Å². The fraction of sp³-hybridized carbons (Fsp3) is 0.188. The van der Waals surface area contributed by atoms with Crippen LogP contribution in [-0.4, -0.2) is 21.4 Å². The molecule has 5 heteroatoms. The van der Waals surface area contributed by atoms with Crippen LogP contribution in [0, 0.1) is 13.8 Å². The second-order valence-electron chi connectivity index (χ2n) is 4.75. The van der Waals surface area contributed by atoms with E-state index in [0.29, 0.717) is 5.56 Å². The monoisotopic (exact) mass is 303 g/mol. The quantitative estimate of drug-likeness (QED) is 0.647. The van der Waals surface area contributed by atoms with E-state index in [1.165, 1.54) is 19.2 Å². The Kier molecular flexibility index (Phi) is 4.43. The number of hydrogen-bond acceptors (Lipinski definition) is 3. The van der Waals surface area contributed by atoms with Crippen molar-refractivity contribution in [2.75, 3.05) is 7.11 Å². The molecule has 0 radical (unpaired) electrons. The van der Waals surface area contributed by atoms with E-state index in [1.54, 1.807) is 24.3 Å². The second kappa shape index (κ2) is 6.10. The lowest BCUT2D eigenvalue weighted by Gasteiger charge is -2.06. The van der Waals surface area contributed by atoms with Gasteiger partial charge in [0, 0.05) is 5.56 Å². The molecular formula is C16H17NO3S. The zero-order chi connectivity index (χ0) is 15.5. The number of methoxy groups -OCH3 is 1. The van der Waals surface area contributed by atoms with Gasteiger partial charge in [-0.1, -0.05) is 35.4 Å². The first-order valence-electron chi connectivity index (χ1n) is 6.45. The zero-order valence-corrected chi connectivity index (χ0v) is 13.0. The molecule has 4 nitrogen and oxygen atoms in total. The van der Waals surface area contributed by atoms with Crippen LogP contribution in [0.15, 0.2) is 57.8 Å². The Labute approximate surface area is 125 Å². The summed E-state index contributed by atoms with van der Waals surface area (Å²) in [6.45, 7) is 3.85. The van der Waals surface area contributed by atoms with Gasteiger partial charge in [0.25, 0.3) is 10.0 Å². The minimum absolute atomic E-state index is 0.0792. The highest BCUT2D eigenvalue weighted by atomic mass is 32.2. The number of aryl methyl sites for hydroxylation is 2. The highest BCUT2D eigenvalue weighted by molar-refractivity contribution is 7.90. The van der Waals surface area contributed by atoms with Gasteiger partial charge in [-0.25, -0.2) is 0 Å². The smallest absolute Gasteiger partial charge is 0.285 e. The van der Waals surface area contributed by atoms with Crippen molar-refractivity contribution in [2.24, 2.45) is 4.40 Å². The Morgan fingerprint density at radius 2 is 1.38 bits per heavy atom. The molecule has 0 unspecified atom stereocenters. The average Bonchev–Trinajstić information content (AvgIpc) is 2.46. The maximum Gasteiger partial charge on any atom is 0.285 e. The van der Waals surface area contributed by atoms with Gasteiger partial charge in [-0.3, -0.25) is 0 Å². The lowest BCUT2D eigenvalue weighted by Crippen LogP contribution is -2.08. The standard InChI is InChI=1S/C16H17NO3S/c1-12-4-8-14(9-5-12)16(20-3)17-21(18,19)15-10-6-13(2)7-11-15/h4-11H,1-3H3/b17-16-. The number of sulfonamides is 1. The van der Waals surface area contributed by atoms with E-state index in [4.69, 9.17) is 4.74 Å². The lowest BCUT2D eigenvalue weighted by molar-refractivity contribution is 0.405. The number of benzene rings is 2. The van der Waals surface area contributed by atoms with Crippen molar-refractivity contribution in [3.8, 4) is 0 Å². The van der Waals surface area contributed by atoms with Gasteiger partial charge >= 0.3 is 0 Å². The van der Waals surface area contributed by atoms with E-state index in [0.717, 1.165) is 11.1 Å². The van der Waals surface area contributed by atoms with Gasteiger partial charge in [0.05, 0.1) is 12.0 Å². The van der Waals surface area contributed by atoms with E-state index in [2.05, 4.69) is 4.40 Å². The highest BCUT2D eigenvalue weighted by Crippen LogP contribution is 2.15. The Balaban J connectivity index is 2.43.